The lowest BCUT2D eigenvalue weighted by atomic mass is 10.2. The summed E-state index contributed by atoms with van der Waals surface area (Å²) in [6, 6.07) is 18.2. The van der Waals surface area contributed by atoms with Gasteiger partial charge in [0.25, 0.3) is 0 Å². The second kappa shape index (κ2) is 7.59. The predicted octanol–water partition coefficient (Wildman–Crippen LogP) is 2.94. The highest BCUT2D eigenvalue weighted by atomic mass is 16.4. The third-order valence-corrected chi connectivity index (χ3v) is 2.83. The summed E-state index contributed by atoms with van der Waals surface area (Å²) in [7, 11) is 0. The van der Waals surface area contributed by atoms with Gasteiger partial charge in [0.1, 0.15) is 5.70 Å². The molecule has 0 aliphatic heterocycles. The van der Waals surface area contributed by atoms with Gasteiger partial charge in [0, 0.05) is 6.08 Å². The normalized spacial score (nSPS) is 11.4. The van der Waals surface area contributed by atoms with Crippen LogP contribution in [0.1, 0.15) is 11.1 Å². The van der Waals surface area contributed by atoms with Crippen molar-refractivity contribution in [2.75, 3.05) is 0 Å². The smallest absolute Gasteiger partial charge is 0.352 e. The van der Waals surface area contributed by atoms with Gasteiger partial charge in [-0.15, -0.1) is 0 Å². The number of hydrogen-bond donors (Lipinski definition) is 2. The summed E-state index contributed by atoms with van der Waals surface area (Å²) in [4.78, 5) is 23.0. The molecule has 0 radical (unpaired) electrons. The molecule has 0 aliphatic rings. The Morgan fingerprint density at radius 1 is 0.864 bits per heavy atom. The third kappa shape index (κ3) is 4.76. The molecule has 0 unspecified atom stereocenters. The van der Waals surface area contributed by atoms with E-state index in [2.05, 4.69) is 5.32 Å². The van der Waals surface area contributed by atoms with Crippen LogP contribution < -0.4 is 5.32 Å². The molecule has 0 aromatic heterocycles. The number of carbonyl (C=O) groups is 2. The minimum absolute atomic E-state index is 0.172. The van der Waals surface area contributed by atoms with Gasteiger partial charge in [-0.25, -0.2) is 4.79 Å². The van der Waals surface area contributed by atoms with Gasteiger partial charge in [0.05, 0.1) is 0 Å². The maximum Gasteiger partial charge on any atom is 0.352 e. The van der Waals surface area contributed by atoms with Crippen LogP contribution in [0, 0.1) is 0 Å². The Morgan fingerprint density at radius 3 is 1.95 bits per heavy atom. The zero-order valence-electron chi connectivity index (χ0n) is 11.8. The predicted molar refractivity (Wildman–Crippen MR) is 85.7 cm³/mol. The Kier molecular flexibility index (Phi) is 5.26. The number of amides is 1. The van der Waals surface area contributed by atoms with E-state index in [1.807, 2.05) is 36.4 Å². The van der Waals surface area contributed by atoms with Crippen molar-refractivity contribution < 1.29 is 14.7 Å². The average molecular weight is 293 g/mol. The Bertz CT molecular complexity index is 704. The number of rotatable bonds is 5. The molecule has 0 saturated carbocycles. The fourth-order valence-electron chi connectivity index (χ4n) is 1.78. The second-order valence-electron chi connectivity index (χ2n) is 4.51. The number of carboxylic acid groups (broad SMARTS) is 1. The minimum atomic E-state index is -1.19. The SMILES string of the molecule is O=C(C=Cc1ccccc1)N/C(=C\c1ccccc1)C(=O)O. The molecule has 110 valence electrons. The number of carboxylic acids is 1. The van der Waals surface area contributed by atoms with Crippen molar-refractivity contribution in [3.63, 3.8) is 0 Å². The monoisotopic (exact) mass is 293 g/mol. The third-order valence-electron chi connectivity index (χ3n) is 2.83. The number of hydrogen-bond acceptors (Lipinski definition) is 2. The molecule has 4 nitrogen and oxygen atoms in total. The molecule has 4 heteroatoms. The minimum Gasteiger partial charge on any atom is -0.477 e. The molecule has 2 rings (SSSR count). The van der Waals surface area contributed by atoms with E-state index >= 15 is 0 Å². The first-order valence-electron chi connectivity index (χ1n) is 6.69. The molecule has 2 aromatic rings. The highest BCUT2D eigenvalue weighted by Gasteiger charge is 2.09. The van der Waals surface area contributed by atoms with E-state index in [4.69, 9.17) is 5.11 Å². The topological polar surface area (TPSA) is 66.4 Å². The molecule has 0 saturated heterocycles. The van der Waals surface area contributed by atoms with Gasteiger partial charge in [-0.3, -0.25) is 4.79 Å². The largest absolute Gasteiger partial charge is 0.477 e. The van der Waals surface area contributed by atoms with E-state index in [0.29, 0.717) is 5.56 Å². The first-order chi connectivity index (χ1) is 10.6. The van der Waals surface area contributed by atoms with E-state index in [-0.39, 0.29) is 5.70 Å². The number of nitrogens with one attached hydrogen (secondary N) is 1. The summed E-state index contributed by atoms with van der Waals surface area (Å²) in [5.74, 6) is -1.68. The molecule has 0 bridgehead atoms. The van der Waals surface area contributed by atoms with Gasteiger partial charge < -0.3 is 10.4 Å². The van der Waals surface area contributed by atoms with Crippen LogP contribution in [-0.2, 0) is 9.59 Å². The van der Waals surface area contributed by atoms with Crippen molar-refractivity contribution in [3.05, 3.63) is 83.6 Å². The summed E-state index contributed by atoms with van der Waals surface area (Å²) in [5, 5.41) is 11.5. The average Bonchev–Trinajstić information content (AvgIpc) is 2.54. The Hall–Kier alpha value is -3.14. The fraction of sp³-hybridized carbons (Fsp3) is 0. The second-order valence-corrected chi connectivity index (χ2v) is 4.51. The van der Waals surface area contributed by atoms with E-state index in [9.17, 15) is 9.59 Å². The molecule has 0 aliphatic carbocycles. The van der Waals surface area contributed by atoms with Crippen molar-refractivity contribution >= 4 is 24.0 Å². The summed E-state index contributed by atoms with van der Waals surface area (Å²) < 4.78 is 0. The lowest BCUT2D eigenvalue weighted by Crippen LogP contribution is -2.25. The maximum absolute atomic E-state index is 11.8. The maximum atomic E-state index is 11.8. The van der Waals surface area contributed by atoms with Gasteiger partial charge in [-0.1, -0.05) is 60.7 Å². The summed E-state index contributed by atoms with van der Waals surface area (Å²) >= 11 is 0. The fourth-order valence-corrected chi connectivity index (χ4v) is 1.78. The number of benzene rings is 2. The molecule has 2 N–H and O–H groups in total. The Balaban J connectivity index is 2.08. The highest BCUT2D eigenvalue weighted by molar-refractivity contribution is 6.01. The van der Waals surface area contributed by atoms with Crippen LogP contribution in [0.15, 0.2) is 72.4 Å². The van der Waals surface area contributed by atoms with E-state index in [1.54, 1.807) is 30.3 Å². The zero-order chi connectivity index (χ0) is 15.8. The summed E-state index contributed by atoms with van der Waals surface area (Å²) in [6.07, 6.45) is 4.34. The van der Waals surface area contributed by atoms with Crippen LogP contribution in [0.2, 0.25) is 0 Å². The van der Waals surface area contributed by atoms with Crippen molar-refractivity contribution in [3.8, 4) is 0 Å². The van der Waals surface area contributed by atoms with Crippen LogP contribution in [0.4, 0.5) is 0 Å². The van der Waals surface area contributed by atoms with Gasteiger partial charge in [-0.2, -0.15) is 0 Å². The molecule has 0 spiro atoms. The first-order valence-corrected chi connectivity index (χ1v) is 6.69. The molecule has 2 aromatic carbocycles. The zero-order valence-corrected chi connectivity index (χ0v) is 11.8. The van der Waals surface area contributed by atoms with Crippen LogP contribution in [0.5, 0.6) is 0 Å². The molecule has 22 heavy (non-hydrogen) atoms. The van der Waals surface area contributed by atoms with Crippen molar-refractivity contribution in [2.24, 2.45) is 0 Å². The van der Waals surface area contributed by atoms with Gasteiger partial charge >= 0.3 is 5.97 Å². The molecule has 0 fully saturated rings. The van der Waals surface area contributed by atoms with Crippen LogP contribution in [0.3, 0.4) is 0 Å². The van der Waals surface area contributed by atoms with Crippen molar-refractivity contribution in [1.29, 1.82) is 0 Å². The highest BCUT2D eigenvalue weighted by Crippen LogP contribution is 2.05. The lowest BCUT2D eigenvalue weighted by Gasteiger charge is -2.03. The molecule has 0 atom stereocenters. The van der Waals surface area contributed by atoms with Crippen LogP contribution >= 0.6 is 0 Å². The number of carbonyl (C=O) groups excluding carboxylic acids is 1. The van der Waals surface area contributed by atoms with Gasteiger partial charge in [-0.05, 0) is 23.3 Å². The van der Waals surface area contributed by atoms with Crippen LogP contribution in [0.25, 0.3) is 12.2 Å². The van der Waals surface area contributed by atoms with Gasteiger partial charge in [0.15, 0.2) is 0 Å². The lowest BCUT2D eigenvalue weighted by molar-refractivity contribution is -0.134. The Morgan fingerprint density at radius 2 is 1.41 bits per heavy atom. The van der Waals surface area contributed by atoms with Crippen molar-refractivity contribution in [2.45, 2.75) is 0 Å². The number of aliphatic carboxylic acids is 1. The van der Waals surface area contributed by atoms with E-state index < -0.39 is 11.9 Å². The molecule has 1 amide bonds. The first kappa shape index (κ1) is 15.3. The van der Waals surface area contributed by atoms with Crippen LogP contribution in [-0.4, -0.2) is 17.0 Å². The molecular weight excluding hydrogens is 278 g/mol. The summed E-state index contributed by atoms with van der Waals surface area (Å²) in [6.45, 7) is 0. The summed E-state index contributed by atoms with van der Waals surface area (Å²) in [5.41, 5.74) is 1.39. The standard InChI is InChI=1S/C18H15NO3/c20-17(12-11-14-7-3-1-4-8-14)19-16(18(21)22)13-15-9-5-2-6-10-15/h1-13H,(H,19,20)(H,21,22)/b12-11?,16-13-. The molecule has 0 heterocycles. The Labute approximate surface area is 128 Å². The molecular formula is C18H15NO3. The van der Waals surface area contributed by atoms with Crippen molar-refractivity contribution in [1.82, 2.24) is 5.32 Å². The van der Waals surface area contributed by atoms with E-state index in [0.717, 1.165) is 5.56 Å². The van der Waals surface area contributed by atoms with Gasteiger partial charge in [0.2, 0.25) is 5.91 Å². The quantitative estimate of drug-likeness (QED) is 0.833. The van der Waals surface area contributed by atoms with E-state index in [1.165, 1.54) is 12.2 Å².